The smallest absolute Gasteiger partial charge is 0.225 e. The molecule has 1 aromatic heterocycles. The highest BCUT2D eigenvalue weighted by molar-refractivity contribution is 6.00. The third-order valence-electron chi connectivity index (χ3n) is 4.30. The van der Waals surface area contributed by atoms with E-state index >= 15 is 0 Å². The van der Waals surface area contributed by atoms with E-state index in [0.29, 0.717) is 12.5 Å². The van der Waals surface area contributed by atoms with E-state index in [0.717, 1.165) is 23.1 Å². The largest absolute Gasteiger partial charge is 0.324 e. The van der Waals surface area contributed by atoms with E-state index in [2.05, 4.69) is 15.6 Å². The van der Waals surface area contributed by atoms with Gasteiger partial charge in [0.15, 0.2) is 0 Å². The van der Waals surface area contributed by atoms with Gasteiger partial charge in [-0.2, -0.15) is 0 Å². The summed E-state index contributed by atoms with van der Waals surface area (Å²) in [5.74, 6) is 0.0430. The Morgan fingerprint density at radius 1 is 1.14 bits per heavy atom. The number of aromatic nitrogens is 1. The summed E-state index contributed by atoms with van der Waals surface area (Å²) < 4.78 is 0. The van der Waals surface area contributed by atoms with Gasteiger partial charge >= 0.3 is 0 Å². The monoisotopic (exact) mass is 297 g/mol. The van der Waals surface area contributed by atoms with Crippen LogP contribution in [-0.2, 0) is 4.79 Å². The number of para-hydroxylation sites is 1. The van der Waals surface area contributed by atoms with Crippen molar-refractivity contribution in [3.8, 4) is 0 Å². The lowest BCUT2D eigenvalue weighted by Crippen LogP contribution is -2.33. The van der Waals surface area contributed by atoms with Crippen molar-refractivity contribution in [1.82, 2.24) is 10.3 Å². The molecule has 1 saturated carbocycles. The molecule has 4 nitrogen and oxygen atoms in total. The van der Waals surface area contributed by atoms with Crippen LogP contribution in [0.15, 0.2) is 36.5 Å². The van der Waals surface area contributed by atoms with Crippen LogP contribution in [0, 0.1) is 0 Å². The predicted octanol–water partition coefficient (Wildman–Crippen LogP) is 3.49. The normalized spacial score (nSPS) is 15.8. The van der Waals surface area contributed by atoms with E-state index in [1.54, 1.807) is 6.20 Å². The van der Waals surface area contributed by atoms with E-state index < -0.39 is 0 Å². The van der Waals surface area contributed by atoms with Gasteiger partial charge in [-0.25, -0.2) is 0 Å². The molecule has 22 heavy (non-hydrogen) atoms. The number of benzene rings is 1. The van der Waals surface area contributed by atoms with Crippen LogP contribution < -0.4 is 10.6 Å². The lowest BCUT2D eigenvalue weighted by Gasteiger charge is -2.22. The van der Waals surface area contributed by atoms with E-state index in [-0.39, 0.29) is 5.91 Å². The standard InChI is InChI=1S/C18H23N3O/c22-17(11-13-19-15-8-2-1-3-9-15)21-16-10-4-6-14-7-5-12-20-18(14)16/h4-7,10,12,15,19H,1-3,8-9,11,13H2,(H,21,22). The summed E-state index contributed by atoms with van der Waals surface area (Å²) >= 11 is 0. The van der Waals surface area contributed by atoms with Gasteiger partial charge in [0, 0.05) is 30.6 Å². The highest BCUT2D eigenvalue weighted by Crippen LogP contribution is 2.21. The molecule has 0 bridgehead atoms. The zero-order chi connectivity index (χ0) is 15.2. The highest BCUT2D eigenvalue weighted by Gasteiger charge is 2.13. The number of pyridine rings is 1. The Hall–Kier alpha value is -1.94. The molecule has 0 aliphatic heterocycles. The molecule has 0 spiro atoms. The van der Waals surface area contributed by atoms with Gasteiger partial charge < -0.3 is 10.6 Å². The zero-order valence-electron chi connectivity index (χ0n) is 12.8. The van der Waals surface area contributed by atoms with E-state index in [1.807, 2.05) is 30.3 Å². The molecular weight excluding hydrogens is 274 g/mol. The van der Waals surface area contributed by atoms with Gasteiger partial charge in [-0.3, -0.25) is 9.78 Å². The Kier molecular flexibility index (Phi) is 5.01. The number of amides is 1. The summed E-state index contributed by atoms with van der Waals surface area (Å²) in [6, 6.07) is 10.4. The molecule has 0 atom stereocenters. The first-order chi connectivity index (χ1) is 10.8. The summed E-state index contributed by atoms with van der Waals surface area (Å²) in [4.78, 5) is 16.5. The van der Waals surface area contributed by atoms with Crippen LogP contribution >= 0.6 is 0 Å². The van der Waals surface area contributed by atoms with Gasteiger partial charge in [-0.15, -0.1) is 0 Å². The topological polar surface area (TPSA) is 54.0 Å². The summed E-state index contributed by atoms with van der Waals surface area (Å²) in [6.45, 7) is 0.745. The van der Waals surface area contributed by atoms with Crippen molar-refractivity contribution in [2.45, 2.75) is 44.6 Å². The Morgan fingerprint density at radius 2 is 1.95 bits per heavy atom. The average molecular weight is 297 g/mol. The van der Waals surface area contributed by atoms with Crippen LogP contribution in [0.2, 0.25) is 0 Å². The number of hydrogen-bond acceptors (Lipinski definition) is 3. The fraction of sp³-hybridized carbons (Fsp3) is 0.444. The van der Waals surface area contributed by atoms with Gasteiger partial charge in [0.25, 0.3) is 0 Å². The molecule has 1 amide bonds. The molecule has 4 heteroatoms. The van der Waals surface area contributed by atoms with Crippen LogP contribution in [0.1, 0.15) is 38.5 Å². The number of fused-ring (bicyclic) bond motifs is 1. The van der Waals surface area contributed by atoms with Gasteiger partial charge in [-0.1, -0.05) is 37.5 Å². The maximum atomic E-state index is 12.1. The summed E-state index contributed by atoms with van der Waals surface area (Å²) in [5, 5.41) is 7.52. The van der Waals surface area contributed by atoms with Crippen molar-refractivity contribution in [2.75, 3.05) is 11.9 Å². The number of carbonyl (C=O) groups excluding carboxylic acids is 1. The van der Waals surface area contributed by atoms with Gasteiger partial charge in [-0.05, 0) is 25.0 Å². The second-order valence-corrected chi connectivity index (χ2v) is 5.97. The lowest BCUT2D eigenvalue weighted by atomic mass is 9.95. The number of carbonyl (C=O) groups is 1. The molecule has 0 unspecified atom stereocenters. The molecular formula is C18H23N3O. The number of rotatable bonds is 5. The van der Waals surface area contributed by atoms with E-state index in [4.69, 9.17) is 0 Å². The molecule has 0 saturated heterocycles. The van der Waals surface area contributed by atoms with E-state index in [1.165, 1.54) is 32.1 Å². The minimum absolute atomic E-state index is 0.0430. The Bertz CT molecular complexity index is 630. The van der Waals surface area contributed by atoms with Gasteiger partial charge in [0.1, 0.15) is 0 Å². The van der Waals surface area contributed by atoms with Crippen LogP contribution in [0.4, 0.5) is 5.69 Å². The molecule has 1 aliphatic rings. The molecule has 2 N–H and O–H groups in total. The minimum atomic E-state index is 0.0430. The Balaban J connectivity index is 1.52. The third-order valence-corrected chi connectivity index (χ3v) is 4.30. The first kappa shape index (κ1) is 15.0. The molecule has 3 rings (SSSR count). The molecule has 0 radical (unpaired) electrons. The van der Waals surface area contributed by atoms with Crippen molar-refractivity contribution in [2.24, 2.45) is 0 Å². The van der Waals surface area contributed by atoms with Crippen molar-refractivity contribution >= 4 is 22.5 Å². The maximum absolute atomic E-state index is 12.1. The Morgan fingerprint density at radius 3 is 2.82 bits per heavy atom. The van der Waals surface area contributed by atoms with Crippen molar-refractivity contribution in [3.63, 3.8) is 0 Å². The quantitative estimate of drug-likeness (QED) is 0.888. The first-order valence-corrected chi connectivity index (χ1v) is 8.20. The summed E-state index contributed by atoms with van der Waals surface area (Å²) in [5.41, 5.74) is 1.64. The second kappa shape index (κ2) is 7.36. The zero-order valence-corrected chi connectivity index (χ0v) is 12.8. The summed E-state index contributed by atoms with van der Waals surface area (Å²) in [7, 11) is 0. The van der Waals surface area contributed by atoms with Crippen LogP contribution in [0.5, 0.6) is 0 Å². The second-order valence-electron chi connectivity index (χ2n) is 5.97. The number of anilines is 1. The van der Waals surface area contributed by atoms with Gasteiger partial charge in [0.2, 0.25) is 5.91 Å². The van der Waals surface area contributed by atoms with E-state index in [9.17, 15) is 4.79 Å². The average Bonchev–Trinajstić information content (AvgIpc) is 2.56. The molecule has 1 aromatic carbocycles. The highest BCUT2D eigenvalue weighted by atomic mass is 16.1. The fourth-order valence-corrected chi connectivity index (χ4v) is 3.11. The van der Waals surface area contributed by atoms with Crippen molar-refractivity contribution in [3.05, 3.63) is 36.5 Å². The van der Waals surface area contributed by atoms with Crippen LogP contribution in [0.25, 0.3) is 10.9 Å². The fourth-order valence-electron chi connectivity index (χ4n) is 3.11. The SMILES string of the molecule is O=C(CCNC1CCCCC1)Nc1cccc2cccnc12. The summed E-state index contributed by atoms with van der Waals surface area (Å²) in [6.07, 6.45) is 8.72. The van der Waals surface area contributed by atoms with Crippen LogP contribution in [-0.4, -0.2) is 23.5 Å². The van der Waals surface area contributed by atoms with Crippen molar-refractivity contribution in [1.29, 1.82) is 0 Å². The predicted molar refractivity (Wildman–Crippen MR) is 89.9 cm³/mol. The molecule has 116 valence electrons. The first-order valence-electron chi connectivity index (χ1n) is 8.20. The third kappa shape index (κ3) is 3.83. The van der Waals surface area contributed by atoms with Crippen molar-refractivity contribution < 1.29 is 4.79 Å². The van der Waals surface area contributed by atoms with Crippen LogP contribution in [0.3, 0.4) is 0 Å². The number of nitrogens with one attached hydrogen (secondary N) is 2. The maximum Gasteiger partial charge on any atom is 0.225 e. The van der Waals surface area contributed by atoms with Gasteiger partial charge in [0.05, 0.1) is 11.2 Å². The Labute approximate surface area is 131 Å². The minimum Gasteiger partial charge on any atom is -0.324 e. The molecule has 1 fully saturated rings. The molecule has 2 aromatic rings. The number of hydrogen-bond donors (Lipinski definition) is 2. The molecule has 1 heterocycles. The molecule has 1 aliphatic carbocycles. The number of nitrogens with zero attached hydrogens (tertiary/aromatic N) is 1. The lowest BCUT2D eigenvalue weighted by molar-refractivity contribution is -0.116.